The molecule has 1 heterocycles. The van der Waals surface area contributed by atoms with Crippen molar-refractivity contribution in [3.63, 3.8) is 0 Å². The molecule has 3 rings (SSSR count). The Balaban J connectivity index is 1.90. The molecule has 0 aromatic heterocycles. The van der Waals surface area contributed by atoms with Crippen LogP contribution in [0.3, 0.4) is 0 Å². The number of halogens is 1. The number of rotatable bonds is 2. The molecule has 0 spiro atoms. The van der Waals surface area contributed by atoms with Gasteiger partial charge in [0.15, 0.2) is 5.78 Å². The second-order valence-electron chi connectivity index (χ2n) is 4.80. The van der Waals surface area contributed by atoms with Crippen LogP contribution in [0.4, 0.5) is 4.39 Å². The van der Waals surface area contributed by atoms with Gasteiger partial charge in [0.1, 0.15) is 17.7 Å². The number of Topliss-reactive ketones (excluding diaryl/α,β-unsaturated/α-hetero) is 1. The Morgan fingerprint density at radius 1 is 1.19 bits per heavy atom. The molecular formula is C16H11FO4. The van der Waals surface area contributed by atoms with Crippen LogP contribution in [0.2, 0.25) is 0 Å². The van der Waals surface area contributed by atoms with Gasteiger partial charge in [-0.15, -0.1) is 0 Å². The van der Waals surface area contributed by atoms with Gasteiger partial charge < -0.3 is 9.84 Å². The van der Waals surface area contributed by atoms with Gasteiger partial charge in [0.2, 0.25) is 0 Å². The standard InChI is InChI=1S/C16H11FO4/c17-11-5-6-14-12(7-11)13(18)8-15(21-14)9-1-3-10(4-2-9)16(19)20/h1-7,15H,8H2,(H,19,20). The van der Waals surface area contributed by atoms with Gasteiger partial charge in [-0.25, -0.2) is 9.18 Å². The maximum atomic E-state index is 13.1. The molecule has 21 heavy (non-hydrogen) atoms. The molecule has 0 bridgehead atoms. The molecule has 0 amide bonds. The van der Waals surface area contributed by atoms with Crippen molar-refractivity contribution in [1.29, 1.82) is 0 Å². The van der Waals surface area contributed by atoms with Crippen molar-refractivity contribution < 1.29 is 23.8 Å². The van der Waals surface area contributed by atoms with Crippen LogP contribution in [-0.2, 0) is 0 Å². The molecule has 2 aromatic rings. The summed E-state index contributed by atoms with van der Waals surface area (Å²) >= 11 is 0. The largest absolute Gasteiger partial charge is 0.484 e. The monoisotopic (exact) mass is 286 g/mol. The minimum absolute atomic E-state index is 0.100. The molecule has 0 radical (unpaired) electrons. The highest BCUT2D eigenvalue weighted by molar-refractivity contribution is 6.00. The highest BCUT2D eigenvalue weighted by Crippen LogP contribution is 2.35. The molecule has 5 heteroatoms. The summed E-state index contributed by atoms with van der Waals surface area (Å²) in [5, 5.41) is 8.86. The normalized spacial score (nSPS) is 17.0. The Morgan fingerprint density at radius 3 is 2.57 bits per heavy atom. The van der Waals surface area contributed by atoms with Gasteiger partial charge in [0.25, 0.3) is 0 Å². The summed E-state index contributed by atoms with van der Waals surface area (Å²) in [5.41, 5.74) is 1.13. The van der Waals surface area contributed by atoms with Crippen LogP contribution < -0.4 is 4.74 Å². The predicted octanol–water partition coefficient (Wildman–Crippen LogP) is 3.23. The Hall–Kier alpha value is -2.69. The van der Waals surface area contributed by atoms with E-state index in [4.69, 9.17) is 9.84 Å². The van der Waals surface area contributed by atoms with Crippen LogP contribution >= 0.6 is 0 Å². The summed E-state index contributed by atoms with van der Waals surface area (Å²) in [6.07, 6.45) is -0.388. The second-order valence-corrected chi connectivity index (χ2v) is 4.80. The molecule has 0 saturated heterocycles. The Bertz CT molecular complexity index is 722. The van der Waals surface area contributed by atoms with Crippen molar-refractivity contribution in [3.05, 3.63) is 65.0 Å². The van der Waals surface area contributed by atoms with Crippen LogP contribution in [0.1, 0.15) is 38.8 Å². The van der Waals surface area contributed by atoms with Gasteiger partial charge in [-0.1, -0.05) is 12.1 Å². The van der Waals surface area contributed by atoms with Crippen molar-refractivity contribution >= 4 is 11.8 Å². The summed E-state index contributed by atoms with van der Waals surface area (Å²) in [5.74, 6) is -1.33. The van der Waals surface area contributed by atoms with Crippen molar-refractivity contribution in [2.24, 2.45) is 0 Å². The number of hydrogen-bond acceptors (Lipinski definition) is 3. The summed E-state index contributed by atoms with van der Waals surface area (Å²) < 4.78 is 18.9. The maximum absolute atomic E-state index is 13.1. The lowest BCUT2D eigenvalue weighted by molar-refractivity contribution is 0.0695. The number of carboxylic acid groups (broad SMARTS) is 1. The first-order valence-electron chi connectivity index (χ1n) is 6.37. The summed E-state index contributed by atoms with van der Waals surface area (Å²) in [4.78, 5) is 22.9. The third kappa shape index (κ3) is 2.50. The molecular weight excluding hydrogens is 275 g/mol. The van der Waals surface area contributed by atoms with E-state index in [0.29, 0.717) is 11.3 Å². The quantitative estimate of drug-likeness (QED) is 0.920. The molecule has 1 N–H and O–H groups in total. The van der Waals surface area contributed by atoms with Gasteiger partial charge in [-0.05, 0) is 35.9 Å². The molecule has 4 nitrogen and oxygen atoms in total. The van der Waals surface area contributed by atoms with Gasteiger partial charge in [0, 0.05) is 0 Å². The zero-order valence-electron chi connectivity index (χ0n) is 10.9. The fourth-order valence-electron chi connectivity index (χ4n) is 2.32. The SMILES string of the molecule is O=C(O)c1ccc(C2CC(=O)c3cc(F)ccc3O2)cc1. The van der Waals surface area contributed by atoms with Crippen LogP contribution in [0.5, 0.6) is 5.75 Å². The number of fused-ring (bicyclic) bond motifs is 1. The predicted molar refractivity (Wildman–Crippen MR) is 72.1 cm³/mol. The first-order chi connectivity index (χ1) is 10.0. The number of carbonyl (C=O) groups excluding carboxylic acids is 1. The zero-order chi connectivity index (χ0) is 15.0. The third-order valence-electron chi connectivity index (χ3n) is 3.41. The number of ether oxygens (including phenoxy) is 1. The van der Waals surface area contributed by atoms with Crippen molar-refractivity contribution in [1.82, 2.24) is 0 Å². The third-order valence-corrected chi connectivity index (χ3v) is 3.41. The van der Waals surface area contributed by atoms with Crippen LogP contribution in [-0.4, -0.2) is 16.9 Å². The fraction of sp³-hybridized carbons (Fsp3) is 0.125. The average molecular weight is 286 g/mol. The van der Waals surface area contributed by atoms with Gasteiger partial charge >= 0.3 is 5.97 Å². The first-order valence-corrected chi connectivity index (χ1v) is 6.37. The smallest absolute Gasteiger partial charge is 0.335 e. The molecule has 1 aliphatic rings. The molecule has 0 aliphatic carbocycles. The molecule has 1 unspecified atom stereocenters. The van der Waals surface area contributed by atoms with Gasteiger partial charge in [-0.3, -0.25) is 4.79 Å². The van der Waals surface area contributed by atoms with Crippen LogP contribution in [0, 0.1) is 5.82 Å². The molecule has 1 atom stereocenters. The number of hydrogen-bond donors (Lipinski definition) is 1. The number of aromatic carboxylic acids is 1. The van der Waals surface area contributed by atoms with E-state index in [1.807, 2.05) is 0 Å². The maximum Gasteiger partial charge on any atom is 0.335 e. The van der Waals surface area contributed by atoms with Crippen LogP contribution in [0.15, 0.2) is 42.5 Å². The van der Waals surface area contributed by atoms with E-state index in [2.05, 4.69) is 0 Å². The first kappa shape index (κ1) is 13.3. The van der Waals surface area contributed by atoms with Crippen molar-refractivity contribution in [3.8, 4) is 5.75 Å². The lowest BCUT2D eigenvalue weighted by Crippen LogP contribution is -2.20. The topological polar surface area (TPSA) is 63.6 Å². The number of benzene rings is 2. The Morgan fingerprint density at radius 2 is 1.90 bits per heavy atom. The van der Waals surface area contributed by atoms with E-state index < -0.39 is 17.9 Å². The van der Waals surface area contributed by atoms with E-state index in [1.54, 1.807) is 12.1 Å². The second kappa shape index (κ2) is 5.01. The van der Waals surface area contributed by atoms with Crippen LogP contribution in [0.25, 0.3) is 0 Å². The highest BCUT2D eigenvalue weighted by Gasteiger charge is 2.28. The number of carbonyl (C=O) groups is 2. The number of ketones is 1. The summed E-state index contributed by atoms with van der Waals surface area (Å²) in [6, 6.07) is 10.0. The van der Waals surface area contributed by atoms with E-state index in [1.165, 1.54) is 30.3 Å². The van der Waals surface area contributed by atoms with E-state index in [9.17, 15) is 14.0 Å². The summed E-state index contributed by atoms with van der Waals surface area (Å²) in [6.45, 7) is 0. The van der Waals surface area contributed by atoms with E-state index in [0.717, 1.165) is 0 Å². The molecule has 2 aromatic carbocycles. The highest BCUT2D eigenvalue weighted by atomic mass is 19.1. The van der Waals surface area contributed by atoms with E-state index >= 15 is 0 Å². The molecule has 1 aliphatic heterocycles. The Labute approximate surface area is 119 Å². The fourth-order valence-corrected chi connectivity index (χ4v) is 2.32. The van der Waals surface area contributed by atoms with Gasteiger partial charge in [0.05, 0.1) is 17.5 Å². The molecule has 106 valence electrons. The van der Waals surface area contributed by atoms with E-state index in [-0.39, 0.29) is 23.3 Å². The lowest BCUT2D eigenvalue weighted by atomic mass is 9.95. The zero-order valence-corrected chi connectivity index (χ0v) is 10.9. The molecule has 0 saturated carbocycles. The average Bonchev–Trinajstić information content (AvgIpc) is 2.48. The van der Waals surface area contributed by atoms with Crippen molar-refractivity contribution in [2.45, 2.75) is 12.5 Å². The summed E-state index contributed by atoms with van der Waals surface area (Å²) in [7, 11) is 0. The number of carboxylic acids is 1. The Kier molecular flexibility index (Phi) is 3.17. The van der Waals surface area contributed by atoms with Crippen molar-refractivity contribution in [2.75, 3.05) is 0 Å². The minimum atomic E-state index is -1.01. The van der Waals surface area contributed by atoms with Gasteiger partial charge in [-0.2, -0.15) is 0 Å². The minimum Gasteiger partial charge on any atom is -0.484 e. The molecule has 0 fully saturated rings. The lowest BCUT2D eigenvalue weighted by Gasteiger charge is -2.25.